The van der Waals surface area contributed by atoms with E-state index in [0.29, 0.717) is 36.7 Å². The second-order valence-electron chi connectivity index (χ2n) is 12.8. The summed E-state index contributed by atoms with van der Waals surface area (Å²) in [5.74, 6) is 0.941. The number of ether oxygens (including phenoxy) is 2. The van der Waals surface area contributed by atoms with Crippen LogP contribution in [0.1, 0.15) is 74.0 Å². The van der Waals surface area contributed by atoms with Crippen LogP contribution in [0.2, 0.25) is 0 Å². The van der Waals surface area contributed by atoms with Gasteiger partial charge in [0.05, 0.1) is 18.8 Å². The summed E-state index contributed by atoms with van der Waals surface area (Å²) in [4.78, 5) is 16.1. The molecule has 0 bridgehead atoms. The molecule has 1 aliphatic rings. The van der Waals surface area contributed by atoms with Gasteiger partial charge in [0, 0.05) is 41.0 Å². The number of unbranched alkanes of at least 4 members (excludes halogenated alkanes) is 3. The molecule has 5 aromatic rings. The third-order valence-electron chi connectivity index (χ3n) is 8.97. The molecular weight excluding hydrogens is 679 g/mol. The number of amides is 1. The van der Waals surface area contributed by atoms with Gasteiger partial charge in [-0.15, -0.1) is 0 Å². The molecule has 0 radical (unpaired) electrons. The number of benzene rings is 4. The van der Waals surface area contributed by atoms with Crippen LogP contribution in [-0.4, -0.2) is 44.4 Å². The molecule has 1 aromatic heterocycles. The lowest BCUT2D eigenvalue weighted by Crippen LogP contribution is -2.31. The molecule has 2 heterocycles. The van der Waals surface area contributed by atoms with Crippen LogP contribution in [0.4, 0.5) is 5.69 Å². The Balaban J connectivity index is 1.12. The number of rotatable bonds is 17. The zero-order valence-electron chi connectivity index (χ0n) is 28.9. The average molecular weight is 724 g/mol. The van der Waals surface area contributed by atoms with Gasteiger partial charge in [0.25, 0.3) is 5.22 Å². The number of nitrogens with zero attached hydrogens (tertiary/aromatic N) is 1. The molecule has 1 unspecified atom stereocenters. The van der Waals surface area contributed by atoms with E-state index in [4.69, 9.17) is 24.1 Å². The lowest BCUT2D eigenvalue weighted by Gasteiger charge is -2.36. The van der Waals surface area contributed by atoms with E-state index in [9.17, 15) is 15.0 Å². The van der Waals surface area contributed by atoms with Crippen LogP contribution in [0.25, 0.3) is 22.6 Å². The Hall–Kier alpha value is -4.49. The SMILES string of the molecule is O=C(CCCCCCC(O)Nc1ccc([C@H]2O[C@@H](CSc3nc(-c4ccccc4)c(-c4ccccc4)o3)C[C@@H](c3ccc(CO)cc3)O2)cc1)NO. The molecule has 0 saturated carbocycles. The molecule has 11 heteroatoms. The summed E-state index contributed by atoms with van der Waals surface area (Å²) in [6.45, 7) is -0.0243. The van der Waals surface area contributed by atoms with Crippen molar-refractivity contribution in [1.82, 2.24) is 10.5 Å². The molecular formula is C41H45N3O7S. The number of thioether (sulfide) groups is 1. The largest absolute Gasteiger partial charge is 0.431 e. The molecule has 0 spiro atoms. The van der Waals surface area contributed by atoms with Gasteiger partial charge in [-0.2, -0.15) is 0 Å². The first kappa shape index (κ1) is 37.3. The second-order valence-corrected chi connectivity index (χ2v) is 13.8. The van der Waals surface area contributed by atoms with Crippen LogP contribution in [0.15, 0.2) is 119 Å². The predicted octanol–water partition coefficient (Wildman–Crippen LogP) is 8.41. The zero-order valence-corrected chi connectivity index (χ0v) is 29.7. The molecule has 52 heavy (non-hydrogen) atoms. The smallest absolute Gasteiger partial charge is 0.256 e. The highest BCUT2D eigenvalue weighted by atomic mass is 32.2. The Morgan fingerprint density at radius 3 is 2.19 bits per heavy atom. The number of carbonyl (C=O) groups excluding carboxylic acids is 1. The van der Waals surface area contributed by atoms with E-state index in [1.54, 1.807) is 5.48 Å². The molecule has 1 fully saturated rings. The van der Waals surface area contributed by atoms with Crippen molar-refractivity contribution in [1.29, 1.82) is 0 Å². The molecule has 0 aliphatic carbocycles. The number of aliphatic hydroxyl groups is 2. The molecule has 1 saturated heterocycles. The van der Waals surface area contributed by atoms with E-state index in [-0.39, 0.29) is 24.7 Å². The van der Waals surface area contributed by atoms with Gasteiger partial charge in [-0.1, -0.05) is 122 Å². The first-order chi connectivity index (χ1) is 25.5. The third kappa shape index (κ3) is 10.3. The monoisotopic (exact) mass is 723 g/mol. The predicted molar refractivity (Wildman–Crippen MR) is 200 cm³/mol. The molecule has 1 amide bonds. The van der Waals surface area contributed by atoms with Crippen molar-refractivity contribution in [3.8, 4) is 22.6 Å². The Bertz CT molecular complexity index is 1760. The average Bonchev–Trinajstić information content (AvgIpc) is 3.63. The van der Waals surface area contributed by atoms with E-state index in [1.165, 1.54) is 11.8 Å². The maximum Gasteiger partial charge on any atom is 0.256 e. The summed E-state index contributed by atoms with van der Waals surface area (Å²) < 4.78 is 19.5. The lowest BCUT2D eigenvalue weighted by atomic mass is 10.0. The fraction of sp³-hybridized carbons (Fsp3) is 0.317. The fourth-order valence-electron chi connectivity index (χ4n) is 6.16. The van der Waals surface area contributed by atoms with Crippen LogP contribution in [0.3, 0.4) is 0 Å². The van der Waals surface area contributed by atoms with Gasteiger partial charge < -0.3 is 29.4 Å². The normalized spacial score (nSPS) is 17.8. The van der Waals surface area contributed by atoms with Gasteiger partial charge in [0.1, 0.15) is 11.9 Å². The summed E-state index contributed by atoms with van der Waals surface area (Å²) in [5, 5.41) is 32.4. The fourth-order valence-corrected chi connectivity index (χ4v) is 7.00. The lowest BCUT2D eigenvalue weighted by molar-refractivity contribution is -0.245. The van der Waals surface area contributed by atoms with Crippen LogP contribution >= 0.6 is 11.8 Å². The van der Waals surface area contributed by atoms with Gasteiger partial charge in [-0.05, 0) is 42.5 Å². The molecule has 5 N–H and O–H groups in total. The number of hydroxylamine groups is 1. The van der Waals surface area contributed by atoms with Crippen LogP contribution in [0, 0.1) is 0 Å². The Morgan fingerprint density at radius 1 is 0.827 bits per heavy atom. The third-order valence-corrected chi connectivity index (χ3v) is 9.93. The minimum Gasteiger partial charge on any atom is -0.431 e. The van der Waals surface area contributed by atoms with Crippen molar-refractivity contribution in [3.05, 3.63) is 126 Å². The van der Waals surface area contributed by atoms with E-state index in [0.717, 1.165) is 64.2 Å². The number of carbonyl (C=O) groups is 1. The first-order valence-electron chi connectivity index (χ1n) is 17.7. The van der Waals surface area contributed by atoms with Gasteiger partial charge in [-0.3, -0.25) is 10.0 Å². The summed E-state index contributed by atoms with van der Waals surface area (Å²) in [5.41, 5.74) is 7.87. The van der Waals surface area contributed by atoms with Crippen LogP contribution in [-0.2, 0) is 20.9 Å². The van der Waals surface area contributed by atoms with Gasteiger partial charge in [0.15, 0.2) is 12.1 Å². The van der Waals surface area contributed by atoms with Gasteiger partial charge in [-0.25, -0.2) is 10.5 Å². The topological polar surface area (TPSA) is 146 Å². The molecule has 4 atom stereocenters. The van der Waals surface area contributed by atoms with E-state index in [2.05, 4.69) is 5.32 Å². The molecule has 6 rings (SSSR count). The number of hydrogen-bond donors (Lipinski definition) is 5. The molecule has 1 aliphatic heterocycles. The molecule has 272 valence electrons. The number of aliphatic hydroxyl groups excluding tert-OH is 2. The number of oxazole rings is 1. The van der Waals surface area contributed by atoms with Crippen molar-refractivity contribution in [2.24, 2.45) is 0 Å². The van der Waals surface area contributed by atoms with Crippen molar-refractivity contribution in [3.63, 3.8) is 0 Å². The van der Waals surface area contributed by atoms with E-state index in [1.807, 2.05) is 109 Å². The number of nitrogens with one attached hydrogen (secondary N) is 2. The summed E-state index contributed by atoms with van der Waals surface area (Å²) in [6, 6.07) is 35.6. The van der Waals surface area contributed by atoms with Crippen LogP contribution in [0.5, 0.6) is 0 Å². The van der Waals surface area contributed by atoms with Crippen molar-refractivity contribution in [2.45, 2.75) is 81.5 Å². The number of aromatic nitrogens is 1. The zero-order chi connectivity index (χ0) is 36.1. The number of anilines is 1. The summed E-state index contributed by atoms with van der Waals surface area (Å²) in [6.07, 6.45) is 2.98. The molecule has 4 aromatic carbocycles. The standard InChI is InChI=1S/C41H45N3O7S/c45-26-28-17-19-29(20-18-28)35-25-34(27-52-41-43-38(30-11-5-3-6-12-30)39(51-41)31-13-7-4-8-14-31)49-40(50-35)32-21-23-33(24-22-32)42-36(46)15-9-1-2-10-16-37(47)44-48/h3-8,11-14,17-24,34-36,40,42,45-46,48H,1-2,9-10,15-16,25-27H2,(H,44,47)/t34-,35+,36?,40+/m1/s1. The van der Waals surface area contributed by atoms with Crippen molar-refractivity contribution < 1.29 is 34.1 Å². The van der Waals surface area contributed by atoms with Gasteiger partial charge in [0.2, 0.25) is 5.91 Å². The summed E-state index contributed by atoms with van der Waals surface area (Å²) >= 11 is 1.52. The minimum atomic E-state index is -0.707. The van der Waals surface area contributed by atoms with E-state index >= 15 is 0 Å². The number of hydrogen-bond acceptors (Lipinski definition) is 10. The minimum absolute atomic E-state index is 0.0243. The van der Waals surface area contributed by atoms with E-state index < -0.39 is 12.5 Å². The highest BCUT2D eigenvalue weighted by Crippen LogP contribution is 2.41. The van der Waals surface area contributed by atoms with Gasteiger partial charge >= 0.3 is 0 Å². The first-order valence-corrected chi connectivity index (χ1v) is 18.7. The Morgan fingerprint density at radius 2 is 1.50 bits per heavy atom. The van der Waals surface area contributed by atoms with Crippen molar-refractivity contribution >= 4 is 23.4 Å². The van der Waals surface area contributed by atoms with Crippen molar-refractivity contribution in [2.75, 3.05) is 11.1 Å². The maximum absolute atomic E-state index is 11.1. The Labute approximate surface area is 308 Å². The maximum atomic E-state index is 11.1. The molecule has 10 nitrogen and oxygen atoms in total. The van der Waals surface area contributed by atoms with Crippen LogP contribution < -0.4 is 10.8 Å². The Kier molecular flexibility index (Phi) is 13.5. The highest BCUT2D eigenvalue weighted by Gasteiger charge is 2.33. The second kappa shape index (κ2) is 18.8. The quantitative estimate of drug-likeness (QED) is 0.0208. The summed E-state index contributed by atoms with van der Waals surface area (Å²) in [7, 11) is 0. The highest BCUT2D eigenvalue weighted by molar-refractivity contribution is 7.99.